The maximum atomic E-state index is 13.0. The van der Waals surface area contributed by atoms with Crippen molar-refractivity contribution in [2.24, 2.45) is 0 Å². The van der Waals surface area contributed by atoms with Gasteiger partial charge in [-0.2, -0.15) is 22.7 Å². The summed E-state index contributed by atoms with van der Waals surface area (Å²) in [6.45, 7) is 1.10. The molecule has 84 valence electrons. The molecule has 0 fully saturated rings. The van der Waals surface area contributed by atoms with Crippen LogP contribution in [0.5, 0.6) is 0 Å². The quantitative estimate of drug-likeness (QED) is 0.440. The minimum Gasteiger partial charge on any atom is -0.258 e. The zero-order valence-corrected chi connectivity index (χ0v) is 7.38. The van der Waals surface area contributed by atoms with Crippen LogP contribution in [0.25, 0.3) is 0 Å². The van der Waals surface area contributed by atoms with Crippen LogP contribution in [-0.2, 0) is 12.7 Å². The molecule has 9 heteroatoms. The lowest BCUT2D eigenvalue weighted by Crippen LogP contribution is -2.09. The molecular weight excluding hydrogens is 222 g/mol. The lowest BCUT2D eigenvalue weighted by Gasteiger charge is -1.99. The van der Waals surface area contributed by atoms with Crippen molar-refractivity contribution in [1.82, 2.24) is 9.78 Å². The molecule has 0 saturated carbocycles. The minimum atomic E-state index is -5.04. The molecule has 0 aliphatic carbocycles. The van der Waals surface area contributed by atoms with Crippen molar-refractivity contribution in [3.05, 3.63) is 21.8 Å². The second-order valence-electron chi connectivity index (χ2n) is 2.56. The maximum Gasteiger partial charge on any atom is 0.442 e. The normalized spacial score (nSPS) is 11.8. The average molecular weight is 227 g/mol. The molecular formula is C6H5F4N3O2. The predicted molar refractivity (Wildman–Crippen MR) is 39.5 cm³/mol. The zero-order chi connectivity index (χ0) is 11.8. The van der Waals surface area contributed by atoms with E-state index in [4.69, 9.17) is 0 Å². The van der Waals surface area contributed by atoms with Gasteiger partial charge in [0.05, 0.1) is 4.92 Å². The van der Waals surface area contributed by atoms with Crippen LogP contribution in [0.2, 0.25) is 0 Å². The Kier molecular flexibility index (Phi) is 2.65. The molecule has 1 heterocycles. The third kappa shape index (κ3) is 1.90. The molecule has 0 unspecified atom stereocenters. The SMILES string of the molecule is CCn1nc(C(F)(F)F)c([N+](=O)[O-])c1F. The van der Waals surface area contributed by atoms with Crippen LogP contribution in [0.4, 0.5) is 23.2 Å². The van der Waals surface area contributed by atoms with Crippen LogP contribution < -0.4 is 0 Å². The lowest BCUT2D eigenvalue weighted by atomic mass is 10.3. The summed E-state index contributed by atoms with van der Waals surface area (Å²) in [5.41, 5.74) is -3.45. The number of alkyl halides is 3. The van der Waals surface area contributed by atoms with E-state index in [1.54, 1.807) is 0 Å². The standard InChI is InChI=1S/C6H5F4N3O2/c1-2-12-5(7)3(13(14)15)4(11-12)6(8,9)10/h2H2,1H3. The monoisotopic (exact) mass is 227 g/mol. The van der Waals surface area contributed by atoms with Gasteiger partial charge in [-0.05, 0) is 6.92 Å². The van der Waals surface area contributed by atoms with Crippen LogP contribution in [-0.4, -0.2) is 14.7 Å². The highest BCUT2D eigenvalue weighted by molar-refractivity contribution is 5.36. The Labute approximate surface area is 80.4 Å². The predicted octanol–water partition coefficient (Wildman–Crippen LogP) is 1.97. The fourth-order valence-electron chi connectivity index (χ4n) is 0.994. The molecule has 0 spiro atoms. The van der Waals surface area contributed by atoms with Gasteiger partial charge < -0.3 is 0 Å². The molecule has 0 atom stereocenters. The van der Waals surface area contributed by atoms with Crippen molar-refractivity contribution in [2.75, 3.05) is 0 Å². The number of halogens is 4. The number of hydrogen-bond acceptors (Lipinski definition) is 3. The first-order chi connectivity index (χ1) is 6.79. The summed E-state index contributed by atoms with van der Waals surface area (Å²) in [6, 6.07) is 0. The van der Waals surface area contributed by atoms with Crippen LogP contribution in [0.1, 0.15) is 12.6 Å². The molecule has 5 nitrogen and oxygen atoms in total. The van der Waals surface area contributed by atoms with Crippen LogP contribution in [0.15, 0.2) is 0 Å². The third-order valence-corrected chi connectivity index (χ3v) is 1.62. The number of rotatable bonds is 2. The Bertz CT molecular complexity index is 398. The second kappa shape index (κ2) is 3.48. The molecule has 1 aromatic heterocycles. The molecule has 0 N–H and O–H groups in total. The van der Waals surface area contributed by atoms with Gasteiger partial charge in [0.2, 0.25) is 5.69 Å². The number of nitrogens with zero attached hydrogens (tertiary/aromatic N) is 3. The van der Waals surface area contributed by atoms with Crippen molar-refractivity contribution in [3.8, 4) is 0 Å². The van der Waals surface area contributed by atoms with Gasteiger partial charge in [0.1, 0.15) is 0 Å². The van der Waals surface area contributed by atoms with Crippen LogP contribution in [0, 0.1) is 16.1 Å². The van der Waals surface area contributed by atoms with Crippen molar-refractivity contribution < 1.29 is 22.5 Å². The number of nitro groups is 1. The molecule has 1 rings (SSSR count). The summed E-state index contributed by atoms with van der Waals surface area (Å²) in [7, 11) is 0. The van der Waals surface area contributed by atoms with E-state index in [9.17, 15) is 27.7 Å². The molecule has 0 amide bonds. The molecule has 0 bridgehead atoms. The molecule has 0 saturated heterocycles. The smallest absolute Gasteiger partial charge is 0.258 e. The fraction of sp³-hybridized carbons (Fsp3) is 0.500. The topological polar surface area (TPSA) is 61.0 Å². The second-order valence-corrected chi connectivity index (χ2v) is 2.56. The maximum absolute atomic E-state index is 13.0. The highest BCUT2D eigenvalue weighted by Crippen LogP contribution is 2.36. The van der Waals surface area contributed by atoms with Crippen molar-refractivity contribution in [3.63, 3.8) is 0 Å². The Morgan fingerprint density at radius 1 is 1.53 bits per heavy atom. The summed E-state index contributed by atoms with van der Waals surface area (Å²) >= 11 is 0. The summed E-state index contributed by atoms with van der Waals surface area (Å²) in [5, 5.41) is 13.0. The van der Waals surface area contributed by atoms with Gasteiger partial charge in [0.15, 0.2) is 0 Å². The summed E-state index contributed by atoms with van der Waals surface area (Å²) in [4.78, 5) is 8.80. The van der Waals surface area contributed by atoms with Gasteiger partial charge in [0, 0.05) is 6.54 Å². The Morgan fingerprint density at radius 3 is 2.33 bits per heavy atom. The summed E-state index contributed by atoms with van der Waals surface area (Å²) < 4.78 is 49.9. The van der Waals surface area contributed by atoms with E-state index < -0.39 is 28.4 Å². The first-order valence-corrected chi connectivity index (χ1v) is 3.77. The first kappa shape index (κ1) is 11.4. The van der Waals surface area contributed by atoms with Crippen LogP contribution in [0.3, 0.4) is 0 Å². The van der Waals surface area contributed by atoms with Gasteiger partial charge in [-0.1, -0.05) is 0 Å². The van der Waals surface area contributed by atoms with Crippen molar-refractivity contribution >= 4 is 5.69 Å². The summed E-state index contributed by atoms with van der Waals surface area (Å²) in [5.74, 6) is -1.59. The Balaban J connectivity index is 3.45. The van der Waals surface area contributed by atoms with Crippen LogP contribution >= 0.6 is 0 Å². The van der Waals surface area contributed by atoms with E-state index in [-0.39, 0.29) is 6.54 Å². The molecule has 0 aliphatic heterocycles. The molecule has 0 aromatic carbocycles. The van der Waals surface area contributed by atoms with Gasteiger partial charge in [-0.15, -0.1) is 0 Å². The lowest BCUT2D eigenvalue weighted by molar-refractivity contribution is -0.390. The molecule has 15 heavy (non-hydrogen) atoms. The largest absolute Gasteiger partial charge is 0.442 e. The Morgan fingerprint density at radius 2 is 2.07 bits per heavy atom. The highest BCUT2D eigenvalue weighted by atomic mass is 19.4. The first-order valence-electron chi connectivity index (χ1n) is 3.77. The van der Waals surface area contributed by atoms with E-state index in [1.807, 2.05) is 0 Å². The number of hydrogen-bond donors (Lipinski definition) is 0. The fourth-order valence-corrected chi connectivity index (χ4v) is 0.994. The van der Waals surface area contributed by atoms with E-state index in [0.29, 0.717) is 4.68 Å². The third-order valence-electron chi connectivity index (χ3n) is 1.62. The van der Waals surface area contributed by atoms with E-state index >= 15 is 0 Å². The van der Waals surface area contributed by atoms with E-state index in [0.717, 1.165) is 0 Å². The average Bonchev–Trinajstić information content (AvgIpc) is 2.41. The van der Waals surface area contributed by atoms with Gasteiger partial charge in [-0.25, -0.2) is 4.68 Å². The molecule has 0 radical (unpaired) electrons. The van der Waals surface area contributed by atoms with Crippen molar-refractivity contribution in [2.45, 2.75) is 19.6 Å². The summed E-state index contributed by atoms with van der Waals surface area (Å²) in [6.07, 6.45) is -5.04. The van der Waals surface area contributed by atoms with Crippen molar-refractivity contribution in [1.29, 1.82) is 0 Å². The Hall–Kier alpha value is -1.67. The van der Waals surface area contributed by atoms with E-state index in [1.165, 1.54) is 6.92 Å². The van der Waals surface area contributed by atoms with Gasteiger partial charge in [0.25, 0.3) is 5.95 Å². The minimum absolute atomic E-state index is 0.219. The molecule has 1 aromatic rings. The van der Waals surface area contributed by atoms with Gasteiger partial charge in [-0.3, -0.25) is 10.1 Å². The highest BCUT2D eigenvalue weighted by Gasteiger charge is 2.45. The number of aryl methyl sites for hydroxylation is 1. The zero-order valence-electron chi connectivity index (χ0n) is 7.38. The number of aromatic nitrogens is 2. The molecule has 0 aliphatic rings. The van der Waals surface area contributed by atoms with Gasteiger partial charge >= 0.3 is 11.9 Å². The van der Waals surface area contributed by atoms with E-state index in [2.05, 4.69) is 5.10 Å².